The van der Waals surface area contributed by atoms with Gasteiger partial charge in [-0.05, 0) is 37.0 Å². The van der Waals surface area contributed by atoms with E-state index in [1.807, 2.05) is 0 Å². The SMILES string of the molecule is CC1CCN(CNC(=O)c2c(F)ccc(OCc3nc4cc(Cl)cnc4s3)c2F)CC1. The molecule has 164 valence electrons. The van der Waals surface area contributed by atoms with Crippen molar-refractivity contribution in [1.82, 2.24) is 20.2 Å². The fourth-order valence-electron chi connectivity index (χ4n) is 3.39. The first kappa shape index (κ1) is 21.9. The molecule has 0 bridgehead atoms. The Bertz CT molecular complexity index is 1100. The predicted octanol–water partition coefficient (Wildman–Crippen LogP) is 4.62. The van der Waals surface area contributed by atoms with Gasteiger partial charge in [-0.2, -0.15) is 0 Å². The number of fused-ring (bicyclic) bond motifs is 1. The molecule has 10 heteroatoms. The van der Waals surface area contributed by atoms with Gasteiger partial charge in [-0.3, -0.25) is 9.69 Å². The number of carbonyl (C=O) groups is 1. The Balaban J connectivity index is 1.43. The van der Waals surface area contributed by atoms with E-state index in [0.717, 1.165) is 38.1 Å². The van der Waals surface area contributed by atoms with Gasteiger partial charge in [0.25, 0.3) is 5.91 Å². The van der Waals surface area contributed by atoms with Gasteiger partial charge in [-0.15, -0.1) is 0 Å². The van der Waals surface area contributed by atoms with Gasteiger partial charge in [-0.25, -0.2) is 18.7 Å². The number of nitrogens with one attached hydrogen (secondary N) is 1. The molecule has 31 heavy (non-hydrogen) atoms. The monoisotopic (exact) mass is 466 g/mol. The first-order valence-corrected chi connectivity index (χ1v) is 11.1. The minimum absolute atomic E-state index is 0.0474. The van der Waals surface area contributed by atoms with Gasteiger partial charge in [0, 0.05) is 19.3 Å². The fourth-order valence-corrected chi connectivity index (χ4v) is 4.34. The summed E-state index contributed by atoms with van der Waals surface area (Å²) < 4.78 is 34.6. The lowest BCUT2D eigenvalue weighted by Crippen LogP contribution is -2.42. The molecule has 1 saturated heterocycles. The van der Waals surface area contributed by atoms with Crippen LogP contribution in [0.1, 0.15) is 35.1 Å². The number of rotatable bonds is 6. The lowest BCUT2D eigenvalue weighted by molar-refractivity contribution is 0.0896. The van der Waals surface area contributed by atoms with Gasteiger partial charge < -0.3 is 10.1 Å². The highest BCUT2D eigenvalue weighted by Gasteiger charge is 2.23. The number of aromatic nitrogens is 2. The van der Waals surface area contributed by atoms with E-state index in [2.05, 4.69) is 27.1 Å². The first-order valence-electron chi connectivity index (χ1n) is 9.93. The number of pyridine rings is 1. The van der Waals surface area contributed by atoms with Crippen molar-refractivity contribution in [3.8, 4) is 5.75 Å². The molecule has 1 aliphatic rings. The quantitative estimate of drug-likeness (QED) is 0.574. The number of halogens is 3. The Hall–Kier alpha value is -2.36. The van der Waals surface area contributed by atoms with E-state index in [9.17, 15) is 13.6 Å². The molecule has 3 aromatic rings. The molecule has 0 aliphatic carbocycles. The Morgan fingerprint density at radius 3 is 2.90 bits per heavy atom. The Kier molecular flexibility index (Phi) is 6.64. The minimum atomic E-state index is -1.04. The van der Waals surface area contributed by atoms with Crippen molar-refractivity contribution in [1.29, 1.82) is 0 Å². The van der Waals surface area contributed by atoms with Crippen LogP contribution in [0, 0.1) is 17.6 Å². The number of hydrogen-bond donors (Lipinski definition) is 1. The minimum Gasteiger partial charge on any atom is -0.483 e. The zero-order chi connectivity index (χ0) is 22.0. The number of nitrogens with zero attached hydrogens (tertiary/aromatic N) is 3. The van der Waals surface area contributed by atoms with Crippen LogP contribution < -0.4 is 10.1 Å². The van der Waals surface area contributed by atoms with Gasteiger partial charge in [0.15, 0.2) is 11.6 Å². The summed E-state index contributed by atoms with van der Waals surface area (Å²) in [5.41, 5.74) is -0.0384. The molecule has 1 aliphatic heterocycles. The molecule has 2 aromatic heterocycles. The highest BCUT2D eigenvalue weighted by molar-refractivity contribution is 7.18. The molecule has 0 spiro atoms. The normalized spacial score (nSPS) is 15.4. The van der Waals surface area contributed by atoms with E-state index < -0.39 is 23.1 Å². The summed E-state index contributed by atoms with van der Waals surface area (Å²) >= 11 is 7.19. The number of ether oxygens (including phenoxy) is 1. The summed E-state index contributed by atoms with van der Waals surface area (Å²) in [4.78, 5) is 23.7. The molecule has 0 radical (unpaired) electrons. The summed E-state index contributed by atoms with van der Waals surface area (Å²) in [6, 6.07) is 3.86. The van der Waals surface area contributed by atoms with Crippen molar-refractivity contribution >= 4 is 39.2 Å². The second-order valence-electron chi connectivity index (χ2n) is 7.57. The van der Waals surface area contributed by atoms with Gasteiger partial charge in [0.05, 0.1) is 11.7 Å². The lowest BCUT2D eigenvalue weighted by atomic mass is 10.00. The van der Waals surface area contributed by atoms with E-state index in [1.165, 1.54) is 17.5 Å². The van der Waals surface area contributed by atoms with Crippen molar-refractivity contribution in [2.45, 2.75) is 26.4 Å². The number of benzene rings is 1. The molecule has 3 heterocycles. The predicted molar refractivity (Wildman–Crippen MR) is 115 cm³/mol. The number of piperidine rings is 1. The van der Waals surface area contributed by atoms with Crippen LogP contribution in [0.4, 0.5) is 8.78 Å². The van der Waals surface area contributed by atoms with E-state index in [4.69, 9.17) is 16.3 Å². The third kappa shape index (κ3) is 5.11. The third-order valence-electron chi connectivity index (χ3n) is 5.23. The van der Waals surface area contributed by atoms with E-state index in [-0.39, 0.29) is 19.0 Å². The summed E-state index contributed by atoms with van der Waals surface area (Å²) in [7, 11) is 0. The maximum absolute atomic E-state index is 14.9. The Morgan fingerprint density at radius 2 is 2.13 bits per heavy atom. The average Bonchev–Trinajstić information content (AvgIpc) is 3.15. The van der Waals surface area contributed by atoms with Crippen LogP contribution in [0.5, 0.6) is 5.75 Å². The molecule has 4 rings (SSSR count). The summed E-state index contributed by atoms with van der Waals surface area (Å²) in [6.45, 7) is 4.08. The van der Waals surface area contributed by atoms with E-state index in [1.54, 1.807) is 6.07 Å². The van der Waals surface area contributed by atoms with Crippen LogP contribution in [0.2, 0.25) is 5.02 Å². The van der Waals surface area contributed by atoms with Crippen molar-refractivity contribution in [3.05, 3.63) is 51.6 Å². The number of thiazole rings is 1. The summed E-state index contributed by atoms with van der Waals surface area (Å²) in [5.74, 6) is -2.35. The van der Waals surface area contributed by atoms with Gasteiger partial charge >= 0.3 is 0 Å². The third-order valence-corrected chi connectivity index (χ3v) is 6.39. The smallest absolute Gasteiger partial charge is 0.258 e. The zero-order valence-corrected chi connectivity index (χ0v) is 18.4. The van der Waals surface area contributed by atoms with Crippen molar-refractivity contribution in [2.75, 3.05) is 19.8 Å². The van der Waals surface area contributed by atoms with Crippen LogP contribution in [0.15, 0.2) is 24.4 Å². The summed E-state index contributed by atoms with van der Waals surface area (Å²) in [6.07, 6.45) is 3.59. The van der Waals surface area contributed by atoms with Crippen LogP contribution in [0.25, 0.3) is 10.3 Å². The molecule has 1 aromatic carbocycles. The molecule has 0 atom stereocenters. The standard InChI is InChI=1S/C21H21ClF2N4O2S/c1-12-4-6-28(7-5-12)11-26-20(29)18-14(23)2-3-16(19(18)24)30-10-17-27-15-8-13(22)9-25-21(15)31-17/h2-3,8-9,12H,4-7,10-11H2,1H3,(H,26,29). The molecule has 1 N–H and O–H groups in total. The molecule has 0 saturated carbocycles. The topological polar surface area (TPSA) is 67.4 Å². The Morgan fingerprint density at radius 1 is 1.35 bits per heavy atom. The highest BCUT2D eigenvalue weighted by atomic mass is 35.5. The average molecular weight is 467 g/mol. The first-order chi connectivity index (χ1) is 14.9. The summed E-state index contributed by atoms with van der Waals surface area (Å²) in [5, 5.41) is 3.63. The molecule has 1 fully saturated rings. The second kappa shape index (κ2) is 9.42. The van der Waals surface area contributed by atoms with Crippen LogP contribution in [0.3, 0.4) is 0 Å². The number of amides is 1. The van der Waals surface area contributed by atoms with Gasteiger partial charge in [0.1, 0.15) is 33.3 Å². The van der Waals surface area contributed by atoms with Crippen LogP contribution in [-0.4, -0.2) is 40.5 Å². The maximum Gasteiger partial charge on any atom is 0.258 e. The largest absolute Gasteiger partial charge is 0.483 e. The second-order valence-corrected chi connectivity index (χ2v) is 9.07. The molecule has 1 amide bonds. The fraction of sp³-hybridized carbons (Fsp3) is 0.381. The van der Waals surface area contributed by atoms with Crippen molar-refractivity contribution in [2.24, 2.45) is 5.92 Å². The van der Waals surface area contributed by atoms with Gasteiger partial charge in [0.2, 0.25) is 0 Å². The van der Waals surface area contributed by atoms with E-state index >= 15 is 0 Å². The number of carbonyl (C=O) groups excluding carboxylic acids is 1. The van der Waals surface area contributed by atoms with Crippen LogP contribution in [-0.2, 0) is 6.61 Å². The van der Waals surface area contributed by atoms with Crippen molar-refractivity contribution in [3.63, 3.8) is 0 Å². The highest BCUT2D eigenvalue weighted by Crippen LogP contribution is 2.27. The van der Waals surface area contributed by atoms with Gasteiger partial charge in [-0.1, -0.05) is 29.9 Å². The molecule has 6 nitrogen and oxygen atoms in total. The van der Waals surface area contributed by atoms with E-state index in [0.29, 0.717) is 26.3 Å². The maximum atomic E-state index is 14.9. The Labute approximate surface area is 187 Å². The molecular formula is C21H21ClF2N4O2S. The molecule has 0 unspecified atom stereocenters. The number of likely N-dealkylation sites (tertiary alicyclic amines) is 1. The van der Waals surface area contributed by atoms with Crippen LogP contribution >= 0.6 is 22.9 Å². The zero-order valence-electron chi connectivity index (χ0n) is 16.8. The lowest BCUT2D eigenvalue weighted by Gasteiger charge is -2.30. The number of hydrogen-bond acceptors (Lipinski definition) is 6. The van der Waals surface area contributed by atoms with Crippen molar-refractivity contribution < 1.29 is 18.3 Å². The molecular weight excluding hydrogens is 446 g/mol.